The molecule has 4 nitrogen and oxygen atoms in total. The molecule has 1 N–H and O–H groups in total. The number of aryl methyl sites for hydroxylation is 1. The van der Waals surface area contributed by atoms with Crippen molar-refractivity contribution in [3.05, 3.63) is 71.2 Å². The lowest BCUT2D eigenvalue weighted by molar-refractivity contribution is 0.250. The average molecular weight is 365 g/mol. The van der Waals surface area contributed by atoms with E-state index in [9.17, 15) is 9.60 Å². The van der Waals surface area contributed by atoms with Gasteiger partial charge in [0.2, 0.25) is 0 Å². The van der Waals surface area contributed by atoms with Gasteiger partial charge >= 0.3 is 0 Å². The minimum absolute atomic E-state index is 0.282. The summed E-state index contributed by atoms with van der Waals surface area (Å²) < 4.78 is 15.4. The molecule has 0 atom stereocenters. The number of halogens is 1. The van der Waals surface area contributed by atoms with Gasteiger partial charge in [-0.05, 0) is 48.7 Å². The monoisotopic (exact) mass is 365 g/mol. The highest BCUT2D eigenvalue weighted by Crippen LogP contribution is 2.30. The molecule has 1 aliphatic heterocycles. The Bertz CT molecular complexity index is 975. The van der Waals surface area contributed by atoms with E-state index in [1.165, 1.54) is 34.3 Å². The van der Waals surface area contributed by atoms with E-state index in [-0.39, 0.29) is 5.82 Å². The predicted octanol–water partition coefficient (Wildman–Crippen LogP) is 4.33. The van der Waals surface area contributed by atoms with Crippen LogP contribution in [0.4, 0.5) is 4.39 Å². The van der Waals surface area contributed by atoms with Crippen molar-refractivity contribution in [2.24, 2.45) is 12.2 Å². The maximum absolute atomic E-state index is 13.1. The number of oxime groups is 1. The minimum Gasteiger partial charge on any atom is -0.411 e. The van der Waals surface area contributed by atoms with Gasteiger partial charge in [-0.2, -0.15) is 0 Å². The van der Waals surface area contributed by atoms with E-state index < -0.39 is 0 Å². The highest BCUT2D eigenvalue weighted by atomic mass is 19.1. The number of rotatable bonds is 5. The largest absolute Gasteiger partial charge is 0.411 e. The molecule has 0 saturated carbocycles. The summed E-state index contributed by atoms with van der Waals surface area (Å²) in [5, 5.41) is 14.1. The number of nitrogens with zero attached hydrogens (tertiary/aromatic N) is 3. The Morgan fingerprint density at radius 2 is 1.93 bits per heavy atom. The van der Waals surface area contributed by atoms with Gasteiger partial charge in [-0.3, -0.25) is 4.90 Å². The minimum atomic E-state index is -0.282. The van der Waals surface area contributed by atoms with Gasteiger partial charge in [0.15, 0.2) is 0 Å². The van der Waals surface area contributed by atoms with Crippen LogP contribution in [0.5, 0.6) is 0 Å². The Morgan fingerprint density at radius 3 is 2.70 bits per heavy atom. The van der Waals surface area contributed by atoms with Gasteiger partial charge in [-0.1, -0.05) is 35.5 Å². The summed E-state index contributed by atoms with van der Waals surface area (Å²) >= 11 is 0. The number of hydrogen-bond donors (Lipinski definition) is 1. The molecule has 0 aliphatic carbocycles. The number of para-hydroxylation sites is 1. The van der Waals surface area contributed by atoms with Crippen LogP contribution in [0.15, 0.2) is 53.7 Å². The Hall–Kier alpha value is -2.66. The van der Waals surface area contributed by atoms with Crippen molar-refractivity contribution < 1.29 is 9.60 Å². The van der Waals surface area contributed by atoms with E-state index in [0.29, 0.717) is 12.1 Å². The van der Waals surface area contributed by atoms with Crippen LogP contribution in [-0.4, -0.2) is 33.5 Å². The second-order valence-corrected chi connectivity index (χ2v) is 7.18. The first-order chi connectivity index (χ1) is 13.2. The van der Waals surface area contributed by atoms with Crippen molar-refractivity contribution in [1.82, 2.24) is 9.47 Å². The third kappa shape index (κ3) is 3.47. The standard InChI is InChI=1S/C22H24FN3O/c1-25-21-7-3-2-5-18(21)19-15-26(14-12-22(19)25)13-4-6-20(24-27)16-8-10-17(23)11-9-16/h2-3,5,7-11,27H,4,6,12-15H2,1H3/b24-20-. The average Bonchev–Trinajstić information content (AvgIpc) is 2.99. The van der Waals surface area contributed by atoms with Crippen molar-refractivity contribution in [2.75, 3.05) is 13.1 Å². The van der Waals surface area contributed by atoms with Crippen molar-refractivity contribution in [1.29, 1.82) is 0 Å². The summed E-state index contributed by atoms with van der Waals surface area (Å²) in [5.41, 5.74) is 5.56. The van der Waals surface area contributed by atoms with Crippen LogP contribution in [0.1, 0.15) is 29.7 Å². The molecule has 5 heteroatoms. The molecule has 2 aromatic carbocycles. The molecule has 0 radical (unpaired) electrons. The van der Waals surface area contributed by atoms with Crippen LogP contribution in [0, 0.1) is 5.82 Å². The van der Waals surface area contributed by atoms with Crippen molar-refractivity contribution in [3.8, 4) is 0 Å². The highest BCUT2D eigenvalue weighted by Gasteiger charge is 2.22. The van der Waals surface area contributed by atoms with E-state index in [1.54, 1.807) is 12.1 Å². The van der Waals surface area contributed by atoms with Crippen molar-refractivity contribution in [3.63, 3.8) is 0 Å². The van der Waals surface area contributed by atoms with Gasteiger partial charge < -0.3 is 9.77 Å². The lowest BCUT2D eigenvalue weighted by Gasteiger charge is -2.27. The Morgan fingerprint density at radius 1 is 1.15 bits per heavy atom. The maximum Gasteiger partial charge on any atom is 0.123 e. The first-order valence-electron chi connectivity index (χ1n) is 9.42. The second-order valence-electron chi connectivity index (χ2n) is 7.18. The van der Waals surface area contributed by atoms with Gasteiger partial charge in [0.25, 0.3) is 0 Å². The molecule has 1 aliphatic rings. The number of hydrogen-bond acceptors (Lipinski definition) is 3. The molecule has 0 unspecified atom stereocenters. The van der Waals surface area contributed by atoms with E-state index in [1.807, 2.05) is 0 Å². The first kappa shape index (κ1) is 17.7. The molecule has 0 fully saturated rings. The molecule has 27 heavy (non-hydrogen) atoms. The Balaban J connectivity index is 1.40. The zero-order chi connectivity index (χ0) is 18.8. The van der Waals surface area contributed by atoms with Crippen LogP contribution in [-0.2, 0) is 20.0 Å². The fourth-order valence-electron chi connectivity index (χ4n) is 4.14. The van der Waals surface area contributed by atoms with Crippen molar-refractivity contribution in [2.45, 2.75) is 25.8 Å². The molecule has 3 aromatic rings. The van der Waals surface area contributed by atoms with Gasteiger partial charge in [0.1, 0.15) is 5.82 Å². The van der Waals surface area contributed by atoms with E-state index in [4.69, 9.17) is 0 Å². The van der Waals surface area contributed by atoms with Crippen LogP contribution in [0.3, 0.4) is 0 Å². The van der Waals surface area contributed by atoms with E-state index in [2.05, 4.69) is 45.9 Å². The molecule has 4 rings (SSSR count). The number of benzene rings is 2. The second kappa shape index (κ2) is 7.53. The van der Waals surface area contributed by atoms with Crippen molar-refractivity contribution >= 4 is 16.6 Å². The van der Waals surface area contributed by atoms with Gasteiger partial charge in [-0.15, -0.1) is 0 Å². The summed E-state index contributed by atoms with van der Waals surface area (Å²) in [6.45, 7) is 2.95. The zero-order valence-corrected chi connectivity index (χ0v) is 15.5. The molecular formula is C22H24FN3O. The predicted molar refractivity (Wildman–Crippen MR) is 106 cm³/mol. The maximum atomic E-state index is 13.1. The van der Waals surface area contributed by atoms with Gasteiger partial charge in [0, 0.05) is 43.2 Å². The molecule has 0 amide bonds. The third-order valence-corrected chi connectivity index (χ3v) is 5.58. The van der Waals surface area contributed by atoms with Crippen LogP contribution < -0.4 is 0 Å². The summed E-state index contributed by atoms with van der Waals surface area (Å²) in [6, 6.07) is 14.7. The third-order valence-electron chi connectivity index (χ3n) is 5.58. The quantitative estimate of drug-likeness (QED) is 0.415. The fourth-order valence-corrected chi connectivity index (χ4v) is 4.14. The summed E-state index contributed by atoms with van der Waals surface area (Å²) in [4.78, 5) is 2.47. The topological polar surface area (TPSA) is 40.8 Å². The Labute approximate surface area is 158 Å². The summed E-state index contributed by atoms with van der Waals surface area (Å²) in [7, 11) is 2.16. The zero-order valence-electron chi connectivity index (χ0n) is 15.5. The van der Waals surface area contributed by atoms with Crippen LogP contribution in [0.25, 0.3) is 10.9 Å². The molecule has 1 aromatic heterocycles. The SMILES string of the molecule is Cn1c2c(c3ccccc31)CN(CCC/C(=N/O)c1ccc(F)cc1)CC2. The summed E-state index contributed by atoms with van der Waals surface area (Å²) in [6.07, 6.45) is 2.62. The molecular weight excluding hydrogens is 341 g/mol. The van der Waals surface area contributed by atoms with Gasteiger partial charge in [-0.25, -0.2) is 4.39 Å². The molecule has 0 spiro atoms. The number of fused-ring (bicyclic) bond motifs is 3. The molecule has 0 bridgehead atoms. The Kier molecular flexibility index (Phi) is 4.94. The lowest BCUT2D eigenvalue weighted by atomic mass is 10.0. The van der Waals surface area contributed by atoms with Crippen LogP contribution >= 0.6 is 0 Å². The fraction of sp³-hybridized carbons (Fsp3) is 0.318. The molecule has 0 saturated heterocycles. The molecule has 140 valence electrons. The lowest BCUT2D eigenvalue weighted by Crippen LogP contribution is -2.32. The normalized spacial score (nSPS) is 15.3. The molecule has 2 heterocycles. The highest BCUT2D eigenvalue weighted by molar-refractivity contribution is 6.00. The van der Waals surface area contributed by atoms with E-state index in [0.717, 1.165) is 38.0 Å². The number of aromatic nitrogens is 1. The summed E-state index contributed by atoms with van der Waals surface area (Å²) in [5.74, 6) is -0.282. The van der Waals surface area contributed by atoms with Crippen LogP contribution in [0.2, 0.25) is 0 Å². The van der Waals surface area contributed by atoms with Gasteiger partial charge in [0.05, 0.1) is 5.71 Å². The smallest absolute Gasteiger partial charge is 0.123 e. The first-order valence-corrected chi connectivity index (χ1v) is 9.42. The van der Waals surface area contributed by atoms with E-state index >= 15 is 0 Å².